The number of amides is 3. The maximum Gasteiger partial charge on any atom is 0.326 e. The van der Waals surface area contributed by atoms with Gasteiger partial charge in [0.25, 0.3) is 0 Å². The van der Waals surface area contributed by atoms with Gasteiger partial charge in [0.2, 0.25) is 5.91 Å². The van der Waals surface area contributed by atoms with Crippen LogP contribution >= 0.6 is 0 Å². The van der Waals surface area contributed by atoms with Crippen LogP contribution in [0.1, 0.15) is 12.2 Å². The number of urea groups is 1. The first-order chi connectivity index (χ1) is 8.49. The van der Waals surface area contributed by atoms with E-state index in [1.165, 1.54) is 6.33 Å². The van der Waals surface area contributed by atoms with Crippen LogP contribution in [0.3, 0.4) is 0 Å². The number of carbonyl (C=O) groups is 3. The Morgan fingerprint density at radius 1 is 1.50 bits per heavy atom. The van der Waals surface area contributed by atoms with E-state index < -0.39 is 30.4 Å². The number of hydrogen-bond donors (Lipinski definition) is 5. The Morgan fingerprint density at radius 2 is 2.22 bits per heavy atom. The lowest BCUT2D eigenvalue weighted by Gasteiger charge is -2.12. The molecule has 0 spiro atoms. The topological polar surface area (TPSA) is 163 Å². The molecule has 1 unspecified atom stereocenters. The summed E-state index contributed by atoms with van der Waals surface area (Å²) in [5, 5.41) is 19.3. The number of carbonyl (C=O) groups excluding carboxylic acids is 2. The van der Waals surface area contributed by atoms with E-state index in [1.807, 2.05) is 0 Å². The first-order valence-corrected chi connectivity index (χ1v) is 4.88. The number of nitrogens with one attached hydrogen (secondary N) is 3. The largest absolute Gasteiger partial charge is 0.480 e. The Morgan fingerprint density at radius 3 is 2.72 bits per heavy atom. The van der Waals surface area contributed by atoms with E-state index in [9.17, 15) is 14.4 Å². The van der Waals surface area contributed by atoms with Gasteiger partial charge in [-0.25, -0.2) is 14.6 Å². The van der Waals surface area contributed by atoms with Gasteiger partial charge in [-0.05, 0) is 0 Å². The number of nitrogens with two attached hydrogens (primary N) is 1. The van der Waals surface area contributed by atoms with Crippen LogP contribution in [0.2, 0.25) is 0 Å². The molecule has 0 aromatic carbocycles. The van der Waals surface area contributed by atoms with Crippen molar-refractivity contribution < 1.29 is 19.5 Å². The van der Waals surface area contributed by atoms with Crippen LogP contribution in [-0.2, 0) is 16.1 Å². The minimum absolute atomic E-state index is 0.0503. The SMILES string of the molecule is NC(=O)CC(NC(=O)NCc1ncn[nH]1)C(=O)O. The molecule has 1 atom stereocenters. The third kappa shape index (κ3) is 4.47. The molecule has 0 aliphatic rings. The summed E-state index contributed by atoms with van der Waals surface area (Å²) in [5.41, 5.74) is 4.86. The van der Waals surface area contributed by atoms with Gasteiger partial charge in [0.15, 0.2) is 0 Å². The Bertz CT molecular complexity index is 431. The highest BCUT2D eigenvalue weighted by atomic mass is 16.4. The molecule has 0 radical (unpaired) electrons. The van der Waals surface area contributed by atoms with Crippen LogP contribution in [0.25, 0.3) is 0 Å². The normalized spacial score (nSPS) is 11.6. The Kier molecular flexibility index (Phi) is 4.60. The van der Waals surface area contributed by atoms with Gasteiger partial charge in [-0.15, -0.1) is 0 Å². The predicted octanol–water partition coefficient (Wildman–Crippen LogP) is -2.07. The fourth-order valence-corrected chi connectivity index (χ4v) is 1.09. The van der Waals surface area contributed by atoms with Crippen LogP contribution in [0, 0.1) is 0 Å². The summed E-state index contributed by atoms with van der Waals surface area (Å²) in [4.78, 5) is 36.4. The monoisotopic (exact) mass is 256 g/mol. The standard InChI is InChI=1S/C8H12N6O4/c9-5(15)1-4(7(16)17)13-8(18)10-2-6-11-3-12-14-6/h3-4H,1-2H2,(H2,9,15)(H,16,17)(H2,10,13,18)(H,11,12,14). The van der Waals surface area contributed by atoms with Gasteiger partial charge in [-0.3, -0.25) is 9.89 Å². The summed E-state index contributed by atoms with van der Waals surface area (Å²) in [6.07, 6.45) is 0.785. The Labute approximate surface area is 101 Å². The van der Waals surface area contributed by atoms with Crippen molar-refractivity contribution in [3.8, 4) is 0 Å². The maximum atomic E-state index is 11.3. The Hall–Kier alpha value is -2.65. The first kappa shape index (κ1) is 13.4. The van der Waals surface area contributed by atoms with Gasteiger partial charge in [-0.1, -0.05) is 0 Å². The minimum Gasteiger partial charge on any atom is -0.480 e. The number of nitrogens with zero attached hydrogens (tertiary/aromatic N) is 2. The summed E-state index contributed by atoms with van der Waals surface area (Å²) in [6, 6.07) is -2.11. The zero-order valence-electron chi connectivity index (χ0n) is 9.21. The molecule has 10 heteroatoms. The highest BCUT2D eigenvalue weighted by Crippen LogP contribution is 1.92. The second-order valence-corrected chi connectivity index (χ2v) is 3.32. The summed E-state index contributed by atoms with van der Waals surface area (Å²) < 4.78 is 0. The zero-order valence-corrected chi connectivity index (χ0v) is 9.21. The van der Waals surface area contributed by atoms with Gasteiger partial charge >= 0.3 is 12.0 Å². The molecule has 0 aliphatic heterocycles. The van der Waals surface area contributed by atoms with Crippen LogP contribution in [0.5, 0.6) is 0 Å². The van der Waals surface area contributed by atoms with Gasteiger partial charge in [0.05, 0.1) is 13.0 Å². The molecule has 1 aromatic heterocycles. The van der Waals surface area contributed by atoms with E-state index >= 15 is 0 Å². The second kappa shape index (κ2) is 6.18. The van der Waals surface area contributed by atoms with Crippen molar-refractivity contribution in [2.75, 3.05) is 0 Å². The quantitative estimate of drug-likeness (QED) is 0.392. The maximum absolute atomic E-state index is 11.3. The number of carboxylic acids is 1. The summed E-state index contributed by atoms with van der Waals surface area (Å²) >= 11 is 0. The third-order valence-corrected chi connectivity index (χ3v) is 1.89. The molecule has 1 rings (SSSR count). The van der Waals surface area contributed by atoms with Gasteiger partial charge in [0, 0.05) is 0 Å². The van der Waals surface area contributed by atoms with E-state index in [1.54, 1.807) is 0 Å². The predicted molar refractivity (Wildman–Crippen MR) is 57.0 cm³/mol. The molecule has 0 aliphatic carbocycles. The number of aromatic amines is 1. The fraction of sp³-hybridized carbons (Fsp3) is 0.375. The first-order valence-electron chi connectivity index (χ1n) is 4.88. The van der Waals surface area contributed by atoms with Gasteiger partial charge < -0.3 is 21.5 Å². The molecular formula is C8H12N6O4. The van der Waals surface area contributed by atoms with E-state index in [4.69, 9.17) is 10.8 Å². The average Bonchev–Trinajstić information content (AvgIpc) is 2.77. The van der Waals surface area contributed by atoms with Gasteiger partial charge in [-0.2, -0.15) is 5.10 Å². The van der Waals surface area contributed by atoms with Crippen LogP contribution in [0.15, 0.2) is 6.33 Å². The number of aliphatic carboxylic acids is 1. The van der Waals surface area contributed by atoms with Crippen molar-refractivity contribution in [1.82, 2.24) is 25.8 Å². The lowest BCUT2D eigenvalue weighted by molar-refractivity contribution is -0.140. The van der Waals surface area contributed by atoms with Crippen LogP contribution in [-0.4, -0.2) is 44.2 Å². The molecule has 0 fully saturated rings. The lowest BCUT2D eigenvalue weighted by atomic mass is 10.2. The van der Waals surface area contributed by atoms with Crippen molar-refractivity contribution >= 4 is 17.9 Å². The summed E-state index contributed by atoms with van der Waals surface area (Å²) in [6.45, 7) is 0.0503. The van der Waals surface area contributed by atoms with Crippen molar-refractivity contribution in [2.45, 2.75) is 19.0 Å². The summed E-state index contributed by atoms with van der Waals surface area (Å²) in [5.74, 6) is -1.76. The molecular weight excluding hydrogens is 244 g/mol. The van der Waals surface area contributed by atoms with Crippen molar-refractivity contribution in [3.05, 3.63) is 12.2 Å². The number of hydrogen-bond acceptors (Lipinski definition) is 5. The molecule has 0 bridgehead atoms. The molecule has 3 amide bonds. The molecule has 1 heterocycles. The van der Waals surface area contributed by atoms with Crippen molar-refractivity contribution in [1.29, 1.82) is 0 Å². The van der Waals surface area contributed by atoms with Crippen molar-refractivity contribution in [2.24, 2.45) is 5.73 Å². The fourth-order valence-electron chi connectivity index (χ4n) is 1.09. The van der Waals surface area contributed by atoms with Crippen LogP contribution in [0.4, 0.5) is 4.79 Å². The molecule has 0 saturated heterocycles. The second-order valence-electron chi connectivity index (χ2n) is 3.32. The number of aromatic nitrogens is 3. The minimum atomic E-state index is -1.36. The number of primary amides is 1. The summed E-state index contributed by atoms with van der Waals surface area (Å²) in [7, 11) is 0. The molecule has 1 aromatic rings. The molecule has 6 N–H and O–H groups in total. The molecule has 10 nitrogen and oxygen atoms in total. The highest BCUT2D eigenvalue weighted by Gasteiger charge is 2.21. The van der Waals surface area contributed by atoms with E-state index in [0.29, 0.717) is 5.82 Å². The van der Waals surface area contributed by atoms with E-state index in [0.717, 1.165) is 0 Å². The molecule has 18 heavy (non-hydrogen) atoms. The zero-order chi connectivity index (χ0) is 13.5. The Balaban J connectivity index is 2.41. The average molecular weight is 256 g/mol. The van der Waals surface area contributed by atoms with E-state index in [-0.39, 0.29) is 6.54 Å². The lowest BCUT2D eigenvalue weighted by Crippen LogP contribution is -2.47. The van der Waals surface area contributed by atoms with Gasteiger partial charge in [0.1, 0.15) is 18.2 Å². The number of carboxylic acid groups (broad SMARTS) is 1. The van der Waals surface area contributed by atoms with Crippen LogP contribution < -0.4 is 16.4 Å². The van der Waals surface area contributed by atoms with Crippen molar-refractivity contribution in [3.63, 3.8) is 0 Å². The molecule has 98 valence electrons. The highest BCUT2D eigenvalue weighted by molar-refractivity contribution is 5.87. The number of H-pyrrole nitrogens is 1. The van der Waals surface area contributed by atoms with E-state index in [2.05, 4.69) is 25.8 Å². The smallest absolute Gasteiger partial charge is 0.326 e. The number of rotatable bonds is 6. The molecule has 0 saturated carbocycles. The third-order valence-electron chi connectivity index (χ3n) is 1.89.